The number of nitrogens with zero attached hydrogens (tertiary/aromatic N) is 3. The Kier molecular flexibility index (Phi) is 7.42. The van der Waals surface area contributed by atoms with Crippen LogP contribution in [0.15, 0.2) is 35.3 Å². The van der Waals surface area contributed by atoms with Crippen LogP contribution in [0.4, 0.5) is 5.69 Å². The summed E-state index contributed by atoms with van der Waals surface area (Å²) in [6.07, 6.45) is 1.14. The van der Waals surface area contributed by atoms with Gasteiger partial charge >= 0.3 is 0 Å². The number of guanidine groups is 1. The Morgan fingerprint density at radius 1 is 1.17 bits per heavy atom. The van der Waals surface area contributed by atoms with Crippen molar-refractivity contribution < 1.29 is 0 Å². The molecule has 3 rings (SSSR count). The molecule has 2 aliphatic rings. The van der Waals surface area contributed by atoms with E-state index in [-0.39, 0.29) is 24.0 Å². The Hall–Kier alpha value is -1.02. The smallest absolute Gasteiger partial charge is 0.191 e. The molecular formula is C17H28IN5. The maximum atomic E-state index is 4.47. The third-order valence-electron chi connectivity index (χ3n) is 4.52. The third-order valence-corrected chi connectivity index (χ3v) is 4.52. The molecular weight excluding hydrogens is 401 g/mol. The molecule has 1 aromatic rings. The molecule has 0 radical (unpaired) electrons. The maximum absolute atomic E-state index is 4.47. The minimum absolute atomic E-state index is 0. The molecule has 2 heterocycles. The van der Waals surface area contributed by atoms with Crippen LogP contribution in [0.3, 0.4) is 0 Å². The van der Waals surface area contributed by atoms with Gasteiger partial charge < -0.3 is 15.5 Å². The maximum Gasteiger partial charge on any atom is 0.191 e. The topological polar surface area (TPSA) is 42.9 Å². The molecule has 1 saturated heterocycles. The molecule has 23 heavy (non-hydrogen) atoms. The number of halogens is 1. The van der Waals surface area contributed by atoms with E-state index in [1.165, 1.54) is 5.69 Å². The lowest BCUT2D eigenvalue weighted by atomic mass is 10.2. The average Bonchev–Trinajstić information content (AvgIpc) is 2.61. The van der Waals surface area contributed by atoms with E-state index in [1.54, 1.807) is 0 Å². The first-order chi connectivity index (χ1) is 10.8. The first-order valence-corrected chi connectivity index (χ1v) is 8.39. The highest BCUT2D eigenvalue weighted by atomic mass is 127. The summed E-state index contributed by atoms with van der Waals surface area (Å²) in [6.45, 7) is 9.69. The Morgan fingerprint density at radius 2 is 1.91 bits per heavy atom. The van der Waals surface area contributed by atoms with Crippen LogP contribution < -0.4 is 15.5 Å². The molecule has 0 bridgehead atoms. The van der Waals surface area contributed by atoms with Gasteiger partial charge in [-0.25, -0.2) is 0 Å². The summed E-state index contributed by atoms with van der Waals surface area (Å²) in [7, 11) is 0. The van der Waals surface area contributed by atoms with Gasteiger partial charge in [0, 0.05) is 57.5 Å². The standard InChI is InChI=1S/C17H27N5.HI/c1-15(14-20-17-18-8-5-9-19-17)21-10-12-22(13-11-21)16-6-3-2-4-7-16;/h2-4,6-7,15H,5,8-14H2,1H3,(H2,18,19,20);1H. The number of anilines is 1. The second-order valence-electron chi connectivity index (χ2n) is 6.10. The summed E-state index contributed by atoms with van der Waals surface area (Å²) in [5.74, 6) is 0.973. The van der Waals surface area contributed by atoms with Crippen LogP contribution in [-0.2, 0) is 0 Å². The lowest BCUT2D eigenvalue weighted by Gasteiger charge is -2.39. The fourth-order valence-corrected chi connectivity index (χ4v) is 3.08. The van der Waals surface area contributed by atoms with E-state index < -0.39 is 0 Å². The van der Waals surface area contributed by atoms with E-state index in [9.17, 15) is 0 Å². The molecule has 6 heteroatoms. The van der Waals surface area contributed by atoms with E-state index in [2.05, 4.69) is 62.7 Å². The Balaban J connectivity index is 0.00000192. The van der Waals surface area contributed by atoms with Gasteiger partial charge in [-0.3, -0.25) is 9.89 Å². The normalized spacial score (nSPS) is 20.0. The van der Waals surface area contributed by atoms with Gasteiger partial charge in [-0.05, 0) is 25.5 Å². The summed E-state index contributed by atoms with van der Waals surface area (Å²) < 4.78 is 0. The van der Waals surface area contributed by atoms with Gasteiger partial charge in [-0.15, -0.1) is 24.0 Å². The lowest BCUT2D eigenvalue weighted by Crippen LogP contribution is -2.53. The first kappa shape index (κ1) is 18.3. The molecule has 1 unspecified atom stereocenters. The lowest BCUT2D eigenvalue weighted by molar-refractivity contribution is 0.197. The fraction of sp³-hybridized carbons (Fsp3) is 0.588. The summed E-state index contributed by atoms with van der Waals surface area (Å²) in [6, 6.07) is 11.2. The van der Waals surface area contributed by atoms with Gasteiger partial charge in [0.15, 0.2) is 5.96 Å². The highest BCUT2D eigenvalue weighted by Crippen LogP contribution is 2.16. The zero-order valence-electron chi connectivity index (χ0n) is 13.9. The minimum atomic E-state index is 0. The number of rotatable bonds is 4. The van der Waals surface area contributed by atoms with Gasteiger partial charge in [-0.2, -0.15) is 0 Å². The van der Waals surface area contributed by atoms with Crippen molar-refractivity contribution in [1.82, 2.24) is 15.5 Å². The number of piperazine rings is 1. The van der Waals surface area contributed by atoms with Crippen molar-refractivity contribution in [3.8, 4) is 0 Å². The van der Waals surface area contributed by atoms with E-state index in [0.29, 0.717) is 6.04 Å². The SMILES string of the molecule is CC(CNC1=NCCCN1)N1CCN(c2ccccc2)CC1.I. The molecule has 0 saturated carbocycles. The second-order valence-corrected chi connectivity index (χ2v) is 6.10. The molecule has 0 spiro atoms. The van der Waals surface area contributed by atoms with Crippen molar-refractivity contribution in [3.63, 3.8) is 0 Å². The molecule has 2 N–H and O–H groups in total. The quantitative estimate of drug-likeness (QED) is 0.717. The number of benzene rings is 1. The Morgan fingerprint density at radius 3 is 2.57 bits per heavy atom. The summed E-state index contributed by atoms with van der Waals surface area (Å²) >= 11 is 0. The largest absolute Gasteiger partial charge is 0.369 e. The number of aliphatic imine (C=N–C) groups is 1. The third kappa shape index (κ3) is 5.24. The zero-order valence-corrected chi connectivity index (χ0v) is 16.2. The van der Waals surface area contributed by atoms with Crippen LogP contribution in [-0.4, -0.2) is 62.7 Å². The van der Waals surface area contributed by atoms with Gasteiger partial charge in [0.1, 0.15) is 0 Å². The molecule has 128 valence electrons. The predicted octanol–water partition coefficient (Wildman–Crippen LogP) is 1.75. The van der Waals surface area contributed by atoms with Crippen molar-refractivity contribution in [1.29, 1.82) is 0 Å². The number of para-hydroxylation sites is 1. The van der Waals surface area contributed by atoms with E-state index >= 15 is 0 Å². The van der Waals surface area contributed by atoms with E-state index in [4.69, 9.17) is 0 Å². The Bertz CT molecular complexity index is 485. The number of hydrogen-bond donors (Lipinski definition) is 2. The average molecular weight is 429 g/mol. The van der Waals surface area contributed by atoms with Crippen molar-refractivity contribution in [2.24, 2.45) is 4.99 Å². The zero-order chi connectivity index (χ0) is 15.2. The summed E-state index contributed by atoms with van der Waals surface area (Å²) in [5, 5.41) is 6.76. The molecule has 5 nitrogen and oxygen atoms in total. The van der Waals surface area contributed by atoms with Crippen molar-refractivity contribution in [2.45, 2.75) is 19.4 Å². The first-order valence-electron chi connectivity index (χ1n) is 8.39. The van der Waals surface area contributed by atoms with Crippen LogP contribution in [0.2, 0.25) is 0 Å². The van der Waals surface area contributed by atoms with Gasteiger partial charge in [-0.1, -0.05) is 18.2 Å². The van der Waals surface area contributed by atoms with Crippen molar-refractivity contribution >= 4 is 35.6 Å². The molecule has 1 atom stereocenters. The van der Waals surface area contributed by atoms with Crippen LogP contribution >= 0.6 is 24.0 Å². The van der Waals surface area contributed by atoms with Crippen LogP contribution in [0.5, 0.6) is 0 Å². The van der Waals surface area contributed by atoms with Gasteiger partial charge in [0.25, 0.3) is 0 Å². The summed E-state index contributed by atoms with van der Waals surface area (Å²) in [5.41, 5.74) is 1.34. The predicted molar refractivity (Wildman–Crippen MR) is 108 cm³/mol. The number of hydrogen-bond acceptors (Lipinski definition) is 5. The molecule has 1 aromatic carbocycles. The van der Waals surface area contributed by atoms with Crippen LogP contribution in [0.25, 0.3) is 0 Å². The molecule has 0 aromatic heterocycles. The van der Waals surface area contributed by atoms with Gasteiger partial charge in [0.05, 0.1) is 0 Å². The van der Waals surface area contributed by atoms with E-state index in [0.717, 1.165) is 58.2 Å². The van der Waals surface area contributed by atoms with Crippen LogP contribution in [0, 0.1) is 0 Å². The second kappa shape index (κ2) is 9.32. The van der Waals surface area contributed by atoms with E-state index in [1.807, 2.05) is 0 Å². The Labute approximate surface area is 156 Å². The van der Waals surface area contributed by atoms with Crippen LogP contribution in [0.1, 0.15) is 13.3 Å². The molecule has 1 fully saturated rings. The number of nitrogens with one attached hydrogen (secondary N) is 2. The fourth-order valence-electron chi connectivity index (χ4n) is 3.08. The van der Waals surface area contributed by atoms with Crippen molar-refractivity contribution in [2.75, 3.05) is 50.7 Å². The highest BCUT2D eigenvalue weighted by molar-refractivity contribution is 14.0. The minimum Gasteiger partial charge on any atom is -0.369 e. The monoisotopic (exact) mass is 429 g/mol. The van der Waals surface area contributed by atoms with Gasteiger partial charge in [0.2, 0.25) is 0 Å². The van der Waals surface area contributed by atoms with Crippen molar-refractivity contribution in [3.05, 3.63) is 30.3 Å². The summed E-state index contributed by atoms with van der Waals surface area (Å²) in [4.78, 5) is 9.51. The molecule has 2 aliphatic heterocycles. The highest BCUT2D eigenvalue weighted by Gasteiger charge is 2.21. The molecule has 0 aliphatic carbocycles. The molecule has 0 amide bonds.